The molecule has 1 aliphatic rings. The van der Waals surface area contributed by atoms with E-state index >= 15 is 0 Å². The number of piperidine rings is 1. The molecule has 0 aliphatic carbocycles. The number of fused-ring (bicyclic) bond motifs is 1. The summed E-state index contributed by atoms with van der Waals surface area (Å²) in [6.07, 6.45) is 4.54. The Bertz CT molecular complexity index is 1290. The van der Waals surface area contributed by atoms with E-state index in [0.29, 0.717) is 23.2 Å². The first-order valence-corrected chi connectivity index (χ1v) is 13.0. The lowest BCUT2D eigenvalue weighted by molar-refractivity contribution is -0.131. The number of rotatable bonds is 7. The van der Waals surface area contributed by atoms with Crippen molar-refractivity contribution in [2.75, 3.05) is 25.5 Å². The molecule has 0 unspecified atom stereocenters. The van der Waals surface area contributed by atoms with Crippen molar-refractivity contribution in [2.24, 2.45) is 0 Å². The van der Waals surface area contributed by atoms with Crippen molar-refractivity contribution in [3.63, 3.8) is 0 Å². The highest BCUT2D eigenvalue weighted by molar-refractivity contribution is 7.14. The maximum atomic E-state index is 12.9. The van der Waals surface area contributed by atoms with Crippen molar-refractivity contribution in [1.82, 2.24) is 14.9 Å². The standard InChI is InChI=1S/C25H26N4O3S2/c1-32-18-4-5-22-20(12-18)21(14-26-22)16-6-8-29(9-7-16)24(31)11-17-15-34-25(27-17)28-23(30)13-19-3-2-10-33-19/h2-5,10,12,14-16,26H,6-9,11,13H2,1H3,(H,27,28,30). The lowest BCUT2D eigenvalue weighted by atomic mass is 9.89. The SMILES string of the molecule is COc1ccc2[nH]cc(C3CCN(C(=O)Cc4csc(NC(=O)Cc5cccs5)n4)CC3)c2c1. The van der Waals surface area contributed by atoms with Crippen LogP contribution in [0.1, 0.15) is 34.9 Å². The van der Waals surface area contributed by atoms with Crippen LogP contribution in [0.3, 0.4) is 0 Å². The van der Waals surface area contributed by atoms with Gasteiger partial charge in [0.05, 0.1) is 25.6 Å². The van der Waals surface area contributed by atoms with Gasteiger partial charge in [0.15, 0.2) is 5.13 Å². The number of nitrogens with one attached hydrogen (secondary N) is 2. The summed E-state index contributed by atoms with van der Waals surface area (Å²) >= 11 is 2.91. The second kappa shape index (κ2) is 9.99. The monoisotopic (exact) mass is 494 g/mol. The van der Waals surface area contributed by atoms with E-state index in [-0.39, 0.29) is 18.2 Å². The van der Waals surface area contributed by atoms with Gasteiger partial charge in [0.1, 0.15) is 5.75 Å². The van der Waals surface area contributed by atoms with Gasteiger partial charge in [0, 0.05) is 40.4 Å². The van der Waals surface area contributed by atoms with E-state index in [1.807, 2.05) is 39.9 Å². The maximum absolute atomic E-state index is 12.9. The summed E-state index contributed by atoms with van der Waals surface area (Å²) in [5.41, 5.74) is 3.10. The smallest absolute Gasteiger partial charge is 0.231 e. The number of carbonyl (C=O) groups excluding carboxylic acids is 2. The Labute approximate surface area is 205 Å². The Morgan fingerprint density at radius 2 is 2.06 bits per heavy atom. The number of benzene rings is 1. The number of thiazole rings is 1. The van der Waals surface area contributed by atoms with E-state index in [0.717, 1.165) is 42.1 Å². The van der Waals surface area contributed by atoms with E-state index in [9.17, 15) is 9.59 Å². The molecule has 176 valence electrons. The first-order valence-electron chi connectivity index (χ1n) is 11.3. The fraction of sp³-hybridized carbons (Fsp3) is 0.320. The van der Waals surface area contributed by atoms with Crippen LogP contribution in [0.2, 0.25) is 0 Å². The average Bonchev–Trinajstić information content (AvgIpc) is 3.60. The topological polar surface area (TPSA) is 87.3 Å². The average molecular weight is 495 g/mol. The third-order valence-electron chi connectivity index (χ3n) is 6.25. The van der Waals surface area contributed by atoms with Crippen LogP contribution in [0, 0.1) is 0 Å². The molecule has 7 nitrogen and oxygen atoms in total. The van der Waals surface area contributed by atoms with Crippen LogP contribution in [-0.4, -0.2) is 46.9 Å². The van der Waals surface area contributed by atoms with Crippen LogP contribution in [0.15, 0.2) is 47.3 Å². The number of amides is 2. The summed E-state index contributed by atoms with van der Waals surface area (Å²) < 4.78 is 5.39. The van der Waals surface area contributed by atoms with Crippen molar-refractivity contribution in [3.05, 3.63) is 63.4 Å². The summed E-state index contributed by atoms with van der Waals surface area (Å²) in [6, 6.07) is 9.96. The number of thiophene rings is 1. The molecule has 0 spiro atoms. The summed E-state index contributed by atoms with van der Waals surface area (Å²) in [5.74, 6) is 1.26. The van der Waals surface area contributed by atoms with E-state index in [1.54, 1.807) is 18.4 Å². The van der Waals surface area contributed by atoms with E-state index < -0.39 is 0 Å². The van der Waals surface area contributed by atoms with E-state index in [2.05, 4.69) is 27.5 Å². The number of ether oxygens (including phenoxy) is 1. The maximum Gasteiger partial charge on any atom is 0.231 e. The first-order chi connectivity index (χ1) is 16.6. The van der Waals surface area contributed by atoms with Gasteiger partial charge in [0.2, 0.25) is 11.8 Å². The molecule has 34 heavy (non-hydrogen) atoms. The highest BCUT2D eigenvalue weighted by atomic mass is 32.1. The molecule has 4 heterocycles. The molecule has 1 aromatic carbocycles. The number of hydrogen-bond acceptors (Lipinski definition) is 6. The van der Waals surface area contributed by atoms with E-state index in [4.69, 9.17) is 4.74 Å². The van der Waals surface area contributed by atoms with Crippen LogP contribution in [-0.2, 0) is 22.4 Å². The summed E-state index contributed by atoms with van der Waals surface area (Å²) in [5, 5.41) is 8.38. The van der Waals surface area contributed by atoms with Crippen molar-refractivity contribution < 1.29 is 14.3 Å². The Balaban J connectivity index is 1.14. The molecule has 2 N–H and O–H groups in total. The number of aromatic nitrogens is 2. The van der Waals surface area contributed by atoms with Crippen LogP contribution in [0.4, 0.5) is 5.13 Å². The Morgan fingerprint density at radius 3 is 2.82 bits per heavy atom. The second-order valence-electron chi connectivity index (χ2n) is 8.44. The van der Waals surface area contributed by atoms with Gasteiger partial charge in [-0.2, -0.15) is 0 Å². The summed E-state index contributed by atoms with van der Waals surface area (Å²) in [7, 11) is 1.68. The van der Waals surface area contributed by atoms with Crippen LogP contribution in [0.5, 0.6) is 5.75 Å². The number of aromatic amines is 1. The molecule has 0 radical (unpaired) electrons. The van der Waals surface area contributed by atoms with Gasteiger partial charge in [-0.15, -0.1) is 22.7 Å². The number of likely N-dealkylation sites (tertiary alicyclic amines) is 1. The summed E-state index contributed by atoms with van der Waals surface area (Å²) in [4.78, 5) is 35.8. The van der Waals surface area contributed by atoms with Crippen LogP contribution < -0.4 is 10.1 Å². The highest BCUT2D eigenvalue weighted by Gasteiger charge is 2.26. The molecule has 1 aliphatic heterocycles. The highest BCUT2D eigenvalue weighted by Crippen LogP contribution is 2.35. The Kier molecular flexibility index (Phi) is 6.64. The van der Waals surface area contributed by atoms with Gasteiger partial charge in [0.25, 0.3) is 0 Å². The van der Waals surface area contributed by atoms with Gasteiger partial charge in [-0.25, -0.2) is 4.98 Å². The summed E-state index contributed by atoms with van der Waals surface area (Å²) in [6.45, 7) is 1.46. The van der Waals surface area contributed by atoms with Crippen LogP contribution in [0.25, 0.3) is 10.9 Å². The lowest BCUT2D eigenvalue weighted by Crippen LogP contribution is -2.38. The fourth-order valence-corrected chi connectivity index (χ4v) is 5.90. The first kappa shape index (κ1) is 22.6. The molecule has 2 amide bonds. The van der Waals surface area contributed by atoms with Gasteiger partial charge in [-0.05, 0) is 54.0 Å². The molecule has 1 saturated heterocycles. The minimum absolute atomic E-state index is 0.0841. The molecule has 5 rings (SSSR count). The Morgan fingerprint density at radius 1 is 1.21 bits per heavy atom. The normalized spacial score (nSPS) is 14.4. The lowest BCUT2D eigenvalue weighted by Gasteiger charge is -2.32. The molecule has 0 saturated carbocycles. The second-order valence-corrected chi connectivity index (χ2v) is 10.3. The molecular weight excluding hydrogens is 468 g/mol. The van der Waals surface area contributed by atoms with Crippen molar-refractivity contribution in [3.8, 4) is 5.75 Å². The minimum Gasteiger partial charge on any atom is -0.497 e. The van der Waals surface area contributed by atoms with Crippen molar-refractivity contribution in [1.29, 1.82) is 0 Å². The number of H-pyrrole nitrogens is 1. The third kappa shape index (κ3) is 5.00. The third-order valence-corrected chi connectivity index (χ3v) is 7.94. The number of nitrogens with zero attached hydrogens (tertiary/aromatic N) is 2. The van der Waals surface area contributed by atoms with Gasteiger partial charge in [-0.1, -0.05) is 6.07 Å². The molecule has 0 atom stereocenters. The quantitative estimate of drug-likeness (QED) is 0.385. The Hall–Kier alpha value is -3.17. The van der Waals surface area contributed by atoms with Gasteiger partial charge in [-0.3, -0.25) is 9.59 Å². The number of carbonyl (C=O) groups is 2. The van der Waals surface area contributed by atoms with Crippen LogP contribution >= 0.6 is 22.7 Å². The van der Waals surface area contributed by atoms with Gasteiger partial charge < -0.3 is 19.9 Å². The predicted octanol–water partition coefficient (Wildman–Crippen LogP) is 4.82. The number of anilines is 1. The number of hydrogen-bond donors (Lipinski definition) is 2. The molecule has 3 aromatic heterocycles. The molecule has 4 aromatic rings. The van der Waals surface area contributed by atoms with E-state index in [1.165, 1.54) is 22.3 Å². The fourth-order valence-electron chi connectivity index (χ4n) is 4.47. The molecule has 1 fully saturated rings. The molecule has 0 bridgehead atoms. The van der Waals surface area contributed by atoms with Crippen molar-refractivity contribution >= 4 is 50.5 Å². The minimum atomic E-state index is -0.0911. The number of methoxy groups -OCH3 is 1. The zero-order valence-corrected chi connectivity index (χ0v) is 20.5. The predicted molar refractivity (Wildman–Crippen MR) is 136 cm³/mol. The van der Waals surface area contributed by atoms with Crippen molar-refractivity contribution in [2.45, 2.75) is 31.6 Å². The largest absolute Gasteiger partial charge is 0.497 e. The molecular formula is C25H26N4O3S2. The zero-order chi connectivity index (χ0) is 23.5. The molecule has 9 heteroatoms. The zero-order valence-electron chi connectivity index (χ0n) is 18.9. The van der Waals surface area contributed by atoms with Gasteiger partial charge >= 0.3 is 0 Å².